The second kappa shape index (κ2) is 8.22. The van der Waals surface area contributed by atoms with Crippen LogP contribution in [0.5, 0.6) is 0 Å². The van der Waals surface area contributed by atoms with Crippen molar-refractivity contribution in [3.05, 3.63) is 76.9 Å². The summed E-state index contributed by atoms with van der Waals surface area (Å²) in [5.74, 6) is 0. The summed E-state index contributed by atoms with van der Waals surface area (Å²) in [7, 11) is 0. The first-order valence-corrected chi connectivity index (χ1v) is 11.1. The van der Waals surface area contributed by atoms with Gasteiger partial charge >= 0.3 is 0 Å². The fourth-order valence-electron chi connectivity index (χ4n) is 5.43. The number of anilines is 1. The van der Waals surface area contributed by atoms with E-state index in [4.69, 9.17) is 0 Å². The molecule has 0 N–H and O–H groups in total. The summed E-state index contributed by atoms with van der Waals surface area (Å²) < 4.78 is 0. The predicted octanol–water partition coefficient (Wildman–Crippen LogP) is 7.43. The van der Waals surface area contributed by atoms with Crippen LogP contribution in [-0.4, -0.2) is 12.1 Å². The van der Waals surface area contributed by atoms with E-state index in [-0.39, 0.29) is 11.0 Å². The second-order valence-electron chi connectivity index (χ2n) is 9.28. The summed E-state index contributed by atoms with van der Waals surface area (Å²) in [6.45, 7) is 19.0. The number of rotatable bonds is 6. The Morgan fingerprint density at radius 3 is 2.17 bits per heavy atom. The normalized spacial score (nSPS) is 21.1. The molecule has 2 aromatic rings. The average molecular weight is 388 g/mol. The van der Waals surface area contributed by atoms with Crippen molar-refractivity contribution in [3.8, 4) is 0 Å². The Balaban J connectivity index is 2.15. The summed E-state index contributed by atoms with van der Waals surface area (Å²) in [5, 5.41) is 0. The maximum absolute atomic E-state index is 4.06. The fraction of sp³-hybridized carbons (Fsp3) is 0.429. The standard InChI is InChI=1S/C28H37N/c1-8-14-24-21(9-2)15-13-18-25(24)28(7)19-27(5,6)29(20-28)26-22(10-3)16-12-17-23(26)11-4/h8-9,12-18H,2,10-11,19-20H2,1,3-7H3/b14-8-. The van der Waals surface area contributed by atoms with Gasteiger partial charge in [-0.15, -0.1) is 0 Å². The van der Waals surface area contributed by atoms with E-state index in [1.54, 1.807) is 0 Å². The van der Waals surface area contributed by atoms with Crippen molar-refractivity contribution in [1.82, 2.24) is 0 Å². The molecule has 154 valence electrons. The van der Waals surface area contributed by atoms with E-state index in [1.807, 2.05) is 6.08 Å². The molecule has 0 spiro atoms. The van der Waals surface area contributed by atoms with Gasteiger partial charge in [0.15, 0.2) is 0 Å². The molecule has 0 aliphatic carbocycles. The molecule has 1 fully saturated rings. The fourth-order valence-corrected chi connectivity index (χ4v) is 5.43. The zero-order valence-corrected chi connectivity index (χ0v) is 19.2. The van der Waals surface area contributed by atoms with Gasteiger partial charge in [0.25, 0.3) is 0 Å². The van der Waals surface area contributed by atoms with Crippen molar-refractivity contribution in [2.24, 2.45) is 0 Å². The Labute approximate surface area is 178 Å². The van der Waals surface area contributed by atoms with Crippen LogP contribution in [0.25, 0.3) is 12.2 Å². The molecule has 2 aromatic carbocycles. The zero-order chi connectivity index (χ0) is 21.2. The van der Waals surface area contributed by atoms with E-state index >= 15 is 0 Å². The minimum atomic E-state index is 0.0865. The molecule has 1 unspecified atom stereocenters. The topological polar surface area (TPSA) is 3.24 Å². The first kappa shape index (κ1) is 21.4. The van der Waals surface area contributed by atoms with E-state index < -0.39 is 0 Å². The molecular formula is C28H37N. The van der Waals surface area contributed by atoms with E-state index in [2.05, 4.69) is 102 Å². The first-order valence-electron chi connectivity index (χ1n) is 11.1. The van der Waals surface area contributed by atoms with Crippen molar-refractivity contribution in [3.63, 3.8) is 0 Å². The maximum atomic E-state index is 4.06. The quantitative estimate of drug-likeness (QED) is 0.498. The number of para-hydroxylation sites is 1. The Hall–Kier alpha value is -2.28. The number of hydrogen-bond acceptors (Lipinski definition) is 1. The molecule has 0 aromatic heterocycles. The van der Waals surface area contributed by atoms with Gasteiger partial charge in [-0.25, -0.2) is 0 Å². The lowest BCUT2D eigenvalue weighted by Gasteiger charge is -2.36. The lowest BCUT2D eigenvalue weighted by atomic mass is 9.75. The third-order valence-electron chi connectivity index (χ3n) is 6.64. The van der Waals surface area contributed by atoms with Crippen LogP contribution >= 0.6 is 0 Å². The van der Waals surface area contributed by atoms with E-state index in [0.717, 1.165) is 25.8 Å². The predicted molar refractivity (Wildman–Crippen MR) is 130 cm³/mol. The van der Waals surface area contributed by atoms with Crippen LogP contribution in [0.1, 0.15) is 75.8 Å². The molecule has 1 heterocycles. The third-order valence-corrected chi connectivity index (χ3v) is 6.64. The zero-order valence-electron chi connectivity index (χ0n) is 19.2. The van der Waals surface area contributed by atoms with Crippen molar-refractivity contribution < 1.29 is 0 Å². The monoisotopic (exact) mass is 387 g/mol. The van der Waals surface area contributed by atoms with Crippen LogP contribution in [0.3, 0.4) is 0 Å². The highest BCUT2D eigenvalue weighted by Gasteiger charge is 2.48. The van der Waals surface area contributed by atoms with Crippen molar-refractivity contribution in [2.75, 3.05) is 11.4 Å². The number of nitrogens with zero attached hydrogens (tertiary/aromatic N) is 1. The highest BCUT2D eigenvalue weighted by molar-refractivity contribution is 5.70. The lowest BCUT2D eigenvalue weighted by molar-refractivity contribution is 0.444. The average Bonchev–Trinajstić information content (AvgIpc) is 2.96. The van der Waals surface area contributed by atoms with Gasteiger partial charge in [-0.1, -0.05) is 82.0 Å². The Kier molecular flexibility index (Phi) is 6.08. The summed E-state index contributed by atoms with van der Waals surface area (Å²) >= 11 is 0. The van der Waals surface area contributed by atoms with Crippen LogP contribution in [0.15, 0.2) is 49.1 Å². The van der Waals surface area contributed by atoms with Crippen LogP contribution < -0.4 is 4.90 Å². The SMILES string of the molecule is C=Cc1cccc(C2(C)CN(c3c(CC)cccc3CC)C(C)(C)C2)c1/C=C\C. The highest BCUT2D eigenvalue weighted by Crippen LogP contribution is 2.48. The van der Waals surface area contributed by atoms with Gasteiger partial charge in [0.2, 0.25) is 0 Å². The summed E-state index contributed by atoms with van der Waals surface area (Å²) in [5.41, 5.74) is 8.58. The van der Waals surface area contributed by atoms with E-state index in [9.17, 15) is 0 Å². The molecule has 0 saturated carbocycles. The molecular weight excluding hydrogens is 350 g/mol. The lowest BCUT2D eigenvalue weighted by Crippen LogP contribution is -2.39. The highest BCUT2D eigenvalue weighted by atomic mass is 15.2. The van der Waals surface area contributed by atoms with Gasteiger partial charge in [0.05, 0.1) is 0 Å². The Morgan fingerprint density at radius 1 is 1.00 bits per heavy atom. The van der Waals surface area contributed by atoms with Gasteiger partial charge in [-0.05, 0) is 67.9 Å². The number of aryl methyl sites for hydroxylation is 2. The minimum Gasteiger partial charge on any atom is -0.365 e. The van der Waals surface area contributed by atoms with Gasteiger partial charge < -0.3 is 4.90 Å². The molecule has 29 heavy (non-hydrogen) atoms. The van der Waals surface area contributed by atoms with Crippen LogP contribution in [0.2, 0.25) is 0 Å². The molecule has 1 aliphatic rings. The summed E-state index contributed by atoms with van der Waals surface area (Å²) in [6, 6.07) is 13.5. The largest absolute Gasteiger partial charge is 0.365 e. The number of hydrogen-bond donors (Lipinski definition) is 0. The maximum Gasteiger partial charge on any atom is 0.0435 e. The number of allylic oxidation sites excluding steroid dienone is 1. The van der Waals surface area contributed by atoms with Crippen LogP contribution in [0.4, 0.5) is 5.69 Å². The van der Waals surface area contributed by atoms with E-state index in [1.165, 1.54) is 33.5 Å². The van der Waals surface area contributed by atoms with Crippen LogP contribution in [0, 0.1) is 0 Å². The van der Waals surface area contributed by atoms with Crippen molar-refractivity contribution in [1.29, 1.82) is 0 Å². The Bertz CT molecular complexity index is 896. The minimum absolute atomic E-state index is 0.0865. The summed E-state index contributed by atoms with van der Waals surface area (Å²) in [6.07, 6.45) is 9.66. The molecule has 0 bridgehead atoms. The molecule has 0 radical (unpaired) electrons. The number of benzene rings is 2. The smallest absolute Gasteiger partial charge is 0.0435 e. The first-order chi connectivity index (χ1) is 13.8. The van der Waals surface area contributed by atoms with E-state index in [0.29, 0.717) is 0 Å². The second-order valence-corrected chi connectivity index (χ2v) is 9.28. The molecule has 0 amide bonds. The van der Waals surface area contributed by atoms with Gasteiger partial charge in [-0.2, -0.15) is 0 Å². The van der Waals surface area contributed by atoms with Gasteiger partial charge in [0.1, 0.15) is 0 Å². The molecule has 1 heteroatoms. The molecule has 1 nitrogen and oxygen atoms in total. The van der Waals surface area contributed by atoms with Gasteiger partial charge in [0, 0.05) is 23.2 Å². The molecule has 3 rings (SSSR count). The summed E-state index contributed by atoms with van der Waals surface area (Å²) in [4.78, 5) is 2.70. The van der Waals surface area contributed by atoms with Crippen molar-refractivity contribution >= 4 is 17.8 Å². The molecule has 1 saturated heterocycles. The van der Waals surface area contributed by atoms with Gasteiger partial charge in [-0.3, -0.25) is 0 Å². The Morgan fingerprint density at radius 2 is 1.62 bits per heavy atom. The van der Waals surface area contributed by atoms with Crippen molar-refractivity contribution in [2.45, 2.75) is 71.8 Å². The third kappa shape index (κ3) is 3.80. The van der Waals surface area contributed by atoms with Crippen LogP contribution in [-0.2, 0) is 18.3 Å². The molecule has 1 atom stereocenters. The molecule has 1 aliphatic heterocycles.